The molecule has 1 aromatic carbocycles. The fourth-order valence-electron chi connectivity index (χ4n) is 2.76. The molecule has 0 aliphatic carbocycles. The van der Waals surface area contributed by atoms with Gasteiger partial charge in [-0.1, -0.05) is 29.8 Å². The van der Waals surface area contributed by atoms with E-state index in [2.05, 4.69) is 33.9 Å². The van der Waals surface area contributed by atoms with Crippen molar-refractivity contribution in [2.24, 2.45) is 0 Å². The van der Waals surface area contributed by atoms with Crippen molar-refractivity contribution in [2.45, 2.75) is 13.5 Å². The largest absolute Gasteiger partial charge is 0.481 e. The van der Waals surface area contributed by atoms with Crippen molar-refractivity contribution in [1.82, 2.24) is 14.5 Å². The first-order valence-electron chi connectivity index (χ1n) is 8.26. The maximum atomic E-state index is 6.05. The number of aromatic nitrogens is 3. The number of para-hydroxylation sites is 1. The lowest BCUT2D eigenvalue weighted by atomic mass is 10.2. The van der Waals surface area contributed by atoms with E-state index in [1.54, 1.807) is 7.11 Å². The number of methoxy groups -OCH3 is 1. The number of imidazole rings is 1. The van der Waals surface area contributed by atoms with Crippen molar-refractivity contribution in [3.8, 4) is 11.6 Å². The smallest absolute Gasteiger partial charge is 0.214 e. The van der Waals surface area contributed by atoms with Crippen LogP contribution in [0, 0.1) is 6.92 Å². The Morgan fingerprint density at radius 3 is 2.54 bits per heavy atom. The highest BCUT2D eigenvalue weighted by atomic mass is 35.5. The zero-order chi connectivity index (χ0) is 18.7. The second-order valence-electron chi connectivity index (χ2n) is 6.11. The van der Waals surface area contributed by atoms with Gasteiger partial charge < -0.3 is 15.0 Å². The maximum absolute atomic E-state index is 6.05. The fraction of sp³-hybridized carbons (Fsp3) is 0.263. The zero-order valence-electron chi connectivity index (χ0n) is 15.3. The van der Waals surface area contributed by atoms with Crippen LogP contribution in [0.15, 0.2) is 42.5 Å². The van der Waals surface area contributed by atoms with Crippen molar-refractivity contribution < 1.29 is 4.74 Å². The molecule has 1 N–H and O–H groups in total. The molecule has 3 aromatic rings. The molecule has 3 rings (SSSR count). The van der Waals surface area contributed by atoms with E-state index in [-0.39, 0.29) is 0 Å². The van der Waals surface area contributed by atoms with Crippen LogP contribution in [0.3, 0.4) is 0 Å². The molecule has 2 heterocycles. The van der Waals surface area contributed by atoms with Crippen LogP contribution < -0.4 is 15.0 Å². The molecule has 0 fully saturated rings. The van der Waals surface area contributed by atoms with Gasteiger partial charge in [-0.05, 0) is 30.7 Å². The molecule has 136 valence electrons. The molecule has 0 saturated heterocycles. The van der Waals surface area contributed by atoms with Crippen molar-refractivity contribution in [1.29, 1.82) is 0 Å². The van der Waals surface area contributed by atoms with Gasteiger partial charge in [0.15, 0.2) is 0 Å². The first-order valence-corrected chi connectivity index (χ1v) is 8.64. The number of hydrogen-bond acceptors (Lipinski definition) is 5. The molecule has 0 spiro atoms. The summed E-state index contributed by atoms with van der Waals surface area (Å²) in [6.45, 7) is 2.62. The molecule has 0 unspecified atom stereocenters. The first kappa shape index (κ1) is 18.1. The highest BCUT2D eigenvalue weighted by Gasteiger charge is 2.16. The Morgan fingerprint density at radius 1 is 1.15 bits per heavy atom. The Labute approximate surface area is 158 Å². The third-order valence-corrected chi connectivity index (χ3v) is 4.20. The average Bonchev–Trinajstić information content (AvgIpc) is 2.97. The summed E-state index contributed by atoms with van der Waals surface area (Å²) in [5.41, 5.74) is 3.08. The van der Waals surface area contributed by atoms with Crippen LogP contribution in [-0.2, 0) is 6.54 Å². The van der Waals surface area contributed by atoms with E-state index in [0.29, 0.717) is 17.6 Å². The van der Waals surface area contributed by atoms with Crippen LogP contribution in [0.4, 0.5) is 11.8 Å². The lowest BCUT2D eigenvalue weighted by molar-refractivity contribution is 0.397. The number of anilines is 2. The minimum atomic E-state index is 0.404. The molecule has 0 atom stereocenters. The average molecular weight is 372 g/mol. The summed E-state index contributed by atoms with van der Waals surface area (Å²) < 4.78 is 7.30. The molecule has 0 saturated carbocycles. The molecule has 0 aliphatic rings. The summed E-state index contributed by atoms with van der Waals surface area (Å²) in [7, 11) is 5.54. The molecule has 0 amide bonds. The molecule has 26 heavy (non-hydrogen) atoms. The van der Waals surface area contributed by atoms with Gasteiger partial charge in [0.05, 0.1) is 12.8 Å². The van der Waals surface area contributed by atoms with Crippen molar-refractivity contribution in [3.05, 3.63) is 58.9 Å². The molecule has 0 radical (unpaired) electrons. The van der Waals surface area contributed by atoms with Crippen molar-refractivity contribution in [3.63, 3.8) is 0 Å². The summed E-state index contributed by atoms with van der Waals surface area (Å²) in [4.78, 5) is 10.9. The standard InChI is InChI=1S/C19H22ClN5O/c1-13-18(21-12-14-10-16(20)22-17(11-14)26-4)23-19(24(2)3)25(13)15-8-6-5-7-9-15/h5-11,21H,12H2,1-4H3. The molecule has 0 aliphatic heterocycles. The van der Waals surface area contributed by atoms with Crippen molar-refractivity contribution >= 4 is 23.4 Å². The van der Waals surface area contributed by atoms with Gasteiger partial charge in [0.2, 0.25) is 11.8 Å². The molecular weight excluding hydrogens is 350 g/mol. The summed E-state index contributed by atoms with van der Waals surface area (Å²) >= 11 is 6.05. The minimum Gasteiger partial charge on any atom is -0.481 e. The third kappa shape index (κ3) is 3.75. The highest BCUT2D eigenvalue weighted by Crippen LogP contribution is 2.27. The van der Waals surface area contributed by atoms with Gasteiger partial charge in [0, 0.05) is 32.4 Å². The monoisotopic (exact) mass is 371 g/mol. The molecule has 7 heteroatoms. The van der Waals surface area contributed by atoms with Crippen LogP contribution in [0.2, 0.25) is 5.15 Å². The van der Waals surface area contributed by atoms with Gasteiger partial charge in [-0.2, -0.15) is 4.98 Å². The van der Waals surface area contributed by atoms with Gasteiger partial charge in [-0.15, -0.1) is 0 Å². The summed E-state index contributed by atoms with van der Waals surface area (Å²) in [5.74, 6) is 2.18. The van der Waals surface area contributed by atoms with E-state index in [0.717, 1.165) is 28.7 Å². The lowest BCUT2D eigenvalue weighted by Gasteiger charge is -2.15. The van der Waals surface area contributed by atoms with E-state index in [1.165, 1.54) is 0 Å². The van der Waals surface area contributed by atoms with Crippen molar-refractivity contribution in [2.75, 3.05) is 31.4 Å². The number of ether oxygens (including phenoxy) is 1. The quantitative estimate of drug-likeness (QED) is 0.665. The van der Waals surface area contributed by atoms with Crippen LogP contribution in [0.1, 0.15) is 11.3 Å². The van der Waals surface area contributed by atoms with E-state index in [4.69, 9.17) is 21.3 Å². The highest BCUT2D eigenvalue weighted by molar-refractivity contribution is 6.29. The first-order chi connectivity index (χ1) is 12.5. The van der Waals surface area contributed by atoms with Gasteiger partial charge in [-0.25, -0.2) is 4.98 Å². The third-order valence-electron chi connectivity index (χ3n) is 4.00. The SMILES string of the molecule is COc1cc(CNc2nc(N(C)C)n(-c3ccccc3)c2C)cc(Cl)n1. The number of pyridine rings is 1. The number of benzene rings is 1. The Hall–Kier alpha value is -2.73. The number of hydrogen-bond donors (Lipinski definition) is 1. The normalized spacial score (nSPS) is 10.7. The Balaban J connectivity index is 1.91. The molecule has 2 aromatic heterocycles. The summed E-state index contributed by atoms with van der Waals surface area (Å²) in [6.07, 6.45) is 0. The molecular formula is C19H22ClN5O. The van der Waals surface area contributed by atoms with Crippen LogP contribution in [0.25, 0.3) is 5.69 Å². The number of nitrogens with one attached hydrogen (secondary N) is 1. The second kappa shape index (κ2) is 7.66. The van der Waals surface area contributed by atoms with Gasteiger partial charge >= 0.3 is 0 Å². The number of halogens is 1. The lowest BCUT2D eigenvalue weighted by Crippen LogP contribution is -2.15. The molecule has 0 bridgehead atoms. The van der Waals surface area contributed by atoms with E-state index >= 15 is 0 Å². The van der Waals surface area contributed by atoms with Crippen LogP contribution >= 0.6 is 11.6 Å². The second-order valence-corrected chi connectivity index (χ2v) is 6.49. The van der Waals surface area contributed by atoms with Gasteiger partial charge in [-0.3, -0.25) is 4.57 Å². The predicted octanol–water partition coefficient (Wildman–Crippen LogP) is 3.92. The zero-order valence-corrected chi connectivity index (χ0v) is 16.1. The number of nitrogens with zero attached hydrogens (tertiary/aromatic N) is 4. The van der Waals surface area contributed by atoms with Gasteiger partial charge in [0.25, 0.3) is 0 Å². The van der Waals surface area contributed by atoms with Crippen LogP contribution in [-0.4, -0.2) is 35.7 Å². The number of rotatable bonds is 6. The van der Waals surface area contributed by atoms with Gasteiger partial charge in [0.1, 0.15) is 11.0 Å². The Morgan fingerprint density at radius 2 is 1.88 bits per heavy atom. The summed E-state index contributed by atoms with van der Waals surface area (Å²) in [6, 6.07) is 13.9. The Kier molecular flexibility index (Phi) is 5.32. The predicted molar refractivity (Wildman–Crippen MR) is 106 cm³/mol. The van der Waals surface area contributed by atoms with Crippen LogP contribution in [0.5, 0.6) is 5.88 Å². The fourth-order valence-corrected chi connectivity index (χ4v) is 2.98. The van der Waals surface area contributed by atoms with E-state index in [1.807, 2.05) is 49.3 Å². The van der Waals surface area contributed by atoms with E-state index in [9.17, 15) is 0 Å². The Bertz CT molecular complexity index is 892. The van der Waals surface area contributed by atoms with E-state index < -0.39 is 0 Å². The minimum absolute atomic E-state index is 0.404. The summed E-state index contributed by atoms with van der Waals surface area (Å²) in [5, 5.41) is 3.80. The topological polar surface area (TPSA) is 55.2 Å². The molecule has 6 nitrogen and oxygen atoms in total. The maximum Gasteiger partial charge on any atom is 0.214 e.